The van der Waals surface area contributed by atoms with Crippen LogP contribution in [0.2, 0.25) is 5.02 Å². The fourth-order valence-corrected chi connectivity index (χ4v) is 3.80. The first-order valence-electron chi connectivity index (χ1n) is 9.63. The molecule has 2 heterocycles. The van der Waals surface area contributed by atoms with E-state index in [9.17, 15) is 4.79 Å². The largest absolute Gasteiger partial charge is 0.336 e. The highest BCUT2D eigenvalue weighted by Gasteiger charge is 2.24. The van der Waals surface area contributed by atoms with E-state index >= 15 is 0 Å². The third-order valence-electron chi connectivity index (χ3n) is 5.10. The molecule has 0 atom stereocenters. The van der Waals surface area contributed by atoms with Crippen molar-refractivity contribution in [1.29, 1.82) is 0 Å². The van der Waals surface area contributed by atoms with Gasteiger partial charge in [-0.1, -0.05) is 28.8 Å². The molecule has 29 heavy (non-hydrogen) atoms. The van der Waals surface area contributed by atoms with E-state index in [1.807, 2.05) is 55.1 Å². The topological polar surface area (TPSA) is 67.2 Å². The van der Waals surface area contributed by atoms with Crippen LogP contribution < -0.4 is 0 Å². The summed E-state index contributed by atoms with van der Waals surface area (Å²) in [6.07, 6.45) is 0. The molecule has 8 heteroatoms. The normalized spacial score (nSPS) is 14.9. The number of benzene rings is 2. The van der Waals surface area contributed by atoms with Crippen LogP contribution in [-0.4, -0.2) is 62.1 Å². The lowest BCUT2D eigenvalue weighted by Crippen LogP contribution is -2.48. The first kappa shape index (κ1) is 19.5. The Kier molecular flexibility index (Phi) is 5.60. The van der Waals surface area contributed by atoms with Crippen LogP contribution in [0.15, 0.2) is 42.5 Å². The van der Waals surface area contributed by atoms with E-state index < -0.39 is 0 Å². The van der Waals surface area contributed by atoms with E-state index in [1.54, 1.807) is 4.68 Å². The van der Waals surface area contributed by atoms with Gasteiger partial charge in [-0.05, 0) is 60.7 Å². The van der Waals surface area contributed by atoms with Gasteiger partial charge in [-0.25, -0.2) is 0 Å². The monoisotopic (exact) mass is 410 g/mol. The Hall–Kier alpha value is -2.77. The molecular weight excluding hydrogens is 388 g/mol. The summed E-state index contributed by atoms with van der Waals surface area (Å²) in [6.45, 7) is 7.61. The number of carbonyl (C=O) groups is 1. The first-order chi connectivity index (χ1) is 14.0. The third-order valence-corrected chi connectivity index (χ3v) is 5.35. The van der Waals surface area contributed by atoms with Gasteiger partial charge in [0.2, 0.25) is 0 Å². The van der Waals surface area contributed by atoms with Gasteiger partial charge in [0.15, 0.2) is 5.82 Å². The maximum Gasteiger partial charge on any atom is 0.253 e. The number of rotatable bonds is 4. The summed E-state index contributed by atoms with van der Waals surface area (Å²) in [7, 11) is 0. The van der Waals surface area contributed by atoms with Crippen LogP contribution in [0, 0.1) is 13.8 Å². The van der Waals surface area contributed by atoms with Crippen LogP contribution >= 0.6 is 11.6 Å². The molecule has 1 aliphatic heterocycles. The Bertz CT molecular complexity index is 988. The van der Waals surface area contributed by atoms with Crippen molar-refractivity contribution in [3.05, 3.63) is 70.0 Å². The van der Waals surface area contributed by atoms with Gasteiger partial charge in [-0.3, -0.25) is 9.69 Å². The first-order valence-corrected chi connectivity index (χ1v) is 10.0. The van der Waals surface area contributed by atoms with Gasteiger partial charge in [0.25, 0.3) is 5.91 Å². The average molecular weight is 411 g/mol. The highest BCUT2D eigenvalue weighted by molar-refractivity contribution is 6.30. The minimum absolute atomic E-state index is 0.0995. The molecule has 0 saturated carbocycles. The van der Waals surface area contributed by atoms with Crippen LogP contribution in [0.25, 0.3) is 5.69 Å². The second-order valence-electron chi connectivity index (χ2n) is 7.43. The fraction of sp³-hybridized carbons (Fsp3) is 0.333. The number of aromatic nitrogens is 4. The number of tetrazole rings is 1. The molecule has 2 aromatic carbocycles. The van der Waals surface area contributed by atoms with Gasteiger partial charge in [-0.2, -0.15) is 4.68 Å². The lowest BCUT2D eigenvalue weighted by molar-refractivity contribution is 0.0624. The van der Waals surface area contributed by atoms with E-state index in [1.165, 1.54) is 0 Å². The predicted octanol–water partition coefficient (Wildman–Crippen LogP) is 2.89. The van der Waals surface area contributed by atoms with Crippen molar-refractivity contribution in [2.45, 2.75) is 20.4 Å². The Morgan fingerprint density at radius 2 is 1.66 bits per heavy atom. The van der Waals surface area contributed by atoms with Crippen molar-refractivity contribution in [3.8, 4) is 5.69 Å². The zero-order valence-electron chi connectivity index (χ0n) is 16.5. The van der Waals surface area contributed by atoms with Gasteiger partial charge in [0, 0.05) is 36.8 Å². The molecule has 0 N–H and O–H groups in total. The number of carbonyl (C=O) groups excluding carboxylic acids is 1. The van der Waals surface area contributed by atoms with Crippen LogP contribution in [0.5, 0.6) is 0 Å². The van der Waals surface area contributed by atoms with Gasteiger partial charge in [0.05, 0.1) is 12.2 Å². The quantitative estimate of drug-likeness (QED) is 0.661. The molecule has 0 spiro atoms. The van der Waals surface area contributed by atoms with Crippen molar-refractivity contribution < 1.29 is 4.79 Å². The minimum atomic E-state index is 0.0995. The molecule has 1 aliphatic rings. The summed E-state index contributed by atoms with van der Waals surface area (Å²) in [5.74, 6) is 0.865. The summed E-state index contributed by atoms with van der Waals surface area (Å²) in [6, 6.07) is 13.4. The maximum absolute atomic E-state index is 12.9. The van der Waals surface area contributed by atoms with Crippen LogP contribution in [0.4, 0.5) is 0 Å². The molecular formula is C21H23ClN6O. The van der Waals surface area contributed by atoms with E-state index in [0.717, 1.165) is 41.3 Å². The Balaban J connectivity index is 1.39. The van der Waals surface area contributed by atoms with Crippen molar-refractivity contribution in [2.75, 3.05) is 26.2 Å². The minimum Gasteiger partial charge on any atom is -0.336 e. The molecule has 0 radical (unpaired) electrons. The Labute approximate surface area is 174 Å². The number of halogens is 1. The highest BCUT2D eigenvalue weighted by Crippen LogP contribution is 2.16. The number of aryl methyl sites for hydroxylation is 2. The molecule has 0 bridgehead atoms. The highest BCUT2D eigenvalue weighted by atomic mass is 35.5. The van der Waals surface area contributed by atoms with Crippen LogP contribution in [0.3, 0.4) is 0 Å². The number of amides is 1. The van der Waals surface area contributed by atoms with Gasteiger partial charge < -0.3 is 4.90 Å². The molecule has 7 nitrogen and oxygen atoms in total. The SMILES string of the molecule is Cc1cc(C)cc(C(=O)N2CCN(Cc3nnnn3-c3ccc(Cl)cc3)CC2)c1. The molecule has 1 saturated heterocycles. The molecule has 4 rings (SSSR count). The number of piperazine rings is 1. The molecule has 0 unspecified atom stereocenters. The molecule has 3 aromatic rings. The molecule has 1 amide bonds. The summed E-state index contributed by atoms with van der Waals surface area (Å²) >= 11 is 5.97. The number of hydrogen-bond acceptors (Lipinski definition) is 5. The maximum atomic E-state index is 12.9. The summed E-state index contributed by atoms with van der Waals surface area (Å²) in [5, 5.41) is 12.8. The van der Waals surface area contributed by atoms with Crippen LogP contribution in [0.1, 0.15) is 27.3 Å². The summed E-state index contributed by atoms with van der Waals surface area (Å²) < 4.78 is 1.73. The van der Waals surface area contributed by atoms with Gasteiger partial charge in [-0.15, -0.1) is 5.10 Å². The summed E-state index contributed by atoms with van der Waals surface area (Å²) in [4.78, 5) is 17.0. The van der Waals surface area contributed by atoms with E-state index in [0.29, 0.717) is 24.7 Å². The number of hydrogen-bond donors (Lipinski definition) is 0. The van der Waals surface area contributed by atoms with Crippen molar-refractivity contribution in [1.82, 2.24) is 30.0 Å². The summed E-state index contributed by atoms with van der Waals surface area (Å²) in [5.41, 5.74) is 3.86. The Morgan fingerprint density at radius 1 is 1.00 bits per heavy atom. The zero-order valence-corrected chi connectivity index (χ0v) is 17.3. The lowest BCUT2D eigenvalue weighted by atomic mass is 10.1. The second kappa shape index (κ2) is 8.31. The smallest absolute Gasteiger partial charge is 0.253 e. The molecule has 150 valence electrons. The van der Waals surface area contributed by atoms with Gasteiger partial charge >= 0.3 is 0 Å². The fourth-order valence-electron chi connectivity index (χ4n) is 3.68. The predicted molar refractivity (Wildman–Crippen MR) is 111 cm³/mol. The van der Waals surface area contributed by atoms with E-state index in [2.05, 4.69) is 26.5 Å². The number of nitrogens with zero attached hydrogens (tertiary/aromatic N) is 6. The van der Waals surface area contributed by atoms with Crippen molar-refractivity contribution in [2.24, 2.45) is 0 Å². The second-order valence-corrected chi connectivity index (χ2v) is 7.86. The molecule has 1 aromatic heterocycles. The molecule has 1 fully saturated rings. The Morgan fingerprint density at radius 3 is 2.31 bits per heavy atom. The van der Waals surface area contributed by atoms with Crippen molar-refractivity contribution >= 4 is 17.5 Å². The van der Waals surface area contributed by atoms with E-state index in [-0.39, 0.29) is 5.91 Å². The molecule has 0 aliphatic carbocycles. The van der Waals surface area contributed by atoms with Gasteiger partial charge in [0.1, 0.15) is 0 Å². The van der Waals surface area contributed by atoms with Crippen LogP contribution in [-0.2, 0) is 6.54 Å². The third kappa shape index (κ3) is 4.46. The standard InChI is InChI=1S/C21H23ClN6O/c1-15-11-16(2)13-17(12-15)21(29)27-9-7-26(8-10-27)14-20-23-24-25-28(20)19-5-3-18(22)4-6-19/h3-6,11-13H,7-10,14H2,1-2H3. The average Bonchev–Trinajstić information content (AvgIpc) is 3.16. The van der Waals surface area contributed by atoms with Crippen molar-refractivity contribution in [3.63, 3.8) is 0 Å². The zero-order chi connectivity index (χ0) is 20.4. The lowest BCUT2D eigenvalue weighted by Gasteiger charge is -2.34. The van der Waals surface area contributed by atoms with E-state index in [4.69, 9.17) is 11.6 Å².